The lowest BCUT2D eigenvalue weighted by atomic mass is 10.2. The van der Waals surface area contributed by atoms with Gasteiger partial charge in [-0.2, -0.15) is 0 Å². The van der Waals surface area contributed by atoms with Gasteiger partial charge in [-0.15, -0.1) is 0 Å². The average Bonchev–Trinajstić information content (AvgIpc) is 2.63. The molecule has 0 aliphatic carbocycles. The molecule has 0 aliphatic heterocycles. The van der Waals surface area contributed by atoms with Crippen molar-refractivity contribution in [3.8, 4) is 11.5 Å². The highest BCUT2D eigenvalue weighted by Crippen LogP contribution is 2.29. The van der Waals surface area contributed by atoms with E-state index in [4.69, 9.17) is 21.1 Å². The Bertz CT molecular complexity index is 800. The molecule has 9 heteroatoms. The van der Waals surface area contributed by atoms with E-state index in [1.165, 1.54) is 30.2 Å². The first-order valence-electron chi connectivity index (χ1n) is 7.64. The van der Waals surface area contributed by atoms with E-state index in [-0.39, 0.29) is 24.5 Å². The molecule has 2 amide bonds. The van der Waals surface area contributed by atoms with Gasteiger partial charge in [0, 0.05) is 19.2 Å². The Labute approximate surface area is 155 Å². The summed E-state index contributed by atoms with van der Waals surface area (Å²) in [5, 5.41) is 14.0. The fourth-order valence-corrected chi connectivity index (χ4v) is 2.26. The molecule has 138 valence electrons. The van der Waals surface area contributed by atoms with Crippen molar-refractivity contribution in [1.29, 1.82) is 0 Å². The van der Waals surface area contributed by atoms with E-state index in [2.05, 4.69) is 5.32 Å². The van der Waals surface area contributed by atoms with Crippen molar-refractivity contribution < 1.29 is 19.2 Å². The summed E-state index contributed by atoms with van der Waals surface area (Å²) < 4.78 is 10.7. The van der Waals surface area contributed by atoms with Gasteiger partial charge >= 0.3 is 6.03 Å². The molecular weight excluding hydrogens is 362 g/mol. The van der Waals surface area contributed by atoms with Crippen LogP contribution in [0.5, 0.6) is 11.5 Å². The highest BCUT2D eigenvalue weighted by molar-refractivity contribution is 6.32. The molecule has 0 radical (unpaired) electrons. The van der Waals surface area contributed by atoms with Crippen LogP contribution in [0.1, 0.15) is 0 Å². The zero-order chi connectivity index (χ0) is 19.1. The molecule has 0 bridgehead atoms. The molecule has 0 unspecified atom stereocenters. The maximum Gasteiger partial charge on any atom is 0.321 e. The van der Waals surface area contributed by atoms with E-state index in [1.54, 1.807) is 31.3 Å². The first kappa shape index (κ1) is 19.3. The quantitative estimate of drug-likeness (QED) is 0.583. The Hall–Kier alpha value is -3.00. The number of nitro benzene ring substituents is 1. The second-order valence-corrected chi connectivity index (χ2v) is 5.68. The van der Waals surface area contributed by atoms with Gasteiger partial charge in [0.1, 0.15) is 18.1 Å². The van der Waals surface area contributed by atoms with E-state index in [0.717, 1.165) is 0 Å². The fraction of sp³-hybridized carbons (Fsp3) is 0.235. The third-order valence-electron chi connectivity index (χ3n) is 3.50. The number of carbonyl (C=O) groups is 1. The number of rotatable bonds is 7. The molecule has 1 N–H and O–H groups in total. The van der Waals surface area contributed by atoms with Crippen LogP contribution in [0.3, 0.4) is 0 Å². The number of ether oxygens (including phenoxy) is 2. The molecule has 26 heavy (non-hydrogen) atoms. The van der Waals surface area contributed by atoms with Crippen LogP contribution < -0.4 is 14.8 Å². The molecule has 2 aromatic rings. The summed E-state index contributed by atoms with van der Waals surface area (Å²) in [6, 6.07) is 10.5. The van der Waals surface area contributed by atoms with E-state index in [1.807, 2.05) is 0 Å². The van der Waals surface area contributed by atoms with Gasteiger partial charge in [0.15, 0.2) is 0 Å². The van der Waals surface area contributed by atoms with Gasteiger partial charge in [-0.1, -0.05) is 23.7 Å². The molecule has 2 aromatic carbocycles. The number of carbonyl (C=O) groups excluding carboxylic acids is 1. The van der Waals surface area contributed by atoms with Crippen molar-refractivity contribution in [2.75, 3.05) is 32.6 Å². The predicted octanol–water partition coefficient (Wildman–Crippen LogP) is 3.80. The van der Waals surface area contributed by atoms with Gasteiger partial charge in [-0.05, 0) is 18.2 Å². The minimum absolute atomic E-state index is 0.147. The second-order valence-electron chi connectivity index (χ2n) is 5.27. The lowest BCUT2D eigenvalue weighted by Gasteiger charge is -2.19. The molecular formula is C17H18ClN3O5. The van der Waals surface area contributed by atoms with Crippen LogP contribution in [0, 0.1) is 10.1 Å². The summed E-state index contributed by atoms with van der Waals surface area (Å²) in [5.74, 6) is 0.855. The molecule has 0 atom stereocenters. The van der Waals surface area contributed by atoms with Crippen LogP contribution in [-0.2, 0) is 0 Å². The monoisotopic (exact) mass is 379 g/mol. The molecule has 0 saturated carbocycles. The molecule has 0 aliphatic rings. The lowest BCUT2D eigenvalue weighted by molar-refractivity contribution is -0.384. The van der Waals surface area contributed by atoms with Crippen LogP contribution in [-0.4, -0.2) is 43.2 Å². The van der Waals surface area contributed by atoms with Crippen molar-refractivity contribution >= 4 is 29.0 Å². The third kappa shape index (κ3) is 5.00. The van der Waals surface area contributed by atoms with Crippen molar-refractivity contribution in [3.05, 3.63) is 57.6 Å². The Balaban J connectivity index is 1.95. The summed E-state index contributed by atoms with van der Waals surface area (Å²) >= 11 is 6.00. The van der Waals surface area contributed by atoms with E-state index in [9.17, 15) is 14.9 Å². The smallest absolute Gasteiger partial charge is 0.321 e. The zero-order valence-corrected chi connectivity index (χ0v) is 15.0. The van der Waals surface area contributed by atoms with Gasteiger partial charge in [-0.25, -0.2) is 4.79 Å². The molecule has 0 heterocycles. The lowest BCUT2D eigenvalue weighted by Crippen LogP contribution is -2.34. The van der Waals surface area contributed by atoms with Gasteiger partial charge in [0.05, 0.1) is 29.3 Å². The number of anilines is 1. The molecule has 0 fully saturated rings. The number of nitrogens with zero attached hydrogens (tertiary/aromatic N) is 2. The van der Waals surface area contributed by atoms with E-state index in [0.29, 0.717) is 16.5 Å². The summed E-state index contributed by atoms with van der Waals surface area (Å²) in [5.41, 5.74) is 0.0661. The summed E-state index contributed by atoms with van der Waals surface area (Å²) in [7, 11) is 2.99. The summed E-state index contributed by atoms with van der Waals surface area (Å²) in [6.07, 6.45) is 0. The highest BCUT2D eigenvalue weighted by atomic mass is 35.5. The number of nitro groups is 1. The van der Waals surface area contributed by atoms with Crippen molar-refractivity contribution in [3.63, 3.8) is 0 Å². The topological polar surface area (TPSA) is 93.9 Å². The van der Waals surface area contributed by atoms with Crippen LogP contribution in [0.4, 0.5) is 16.2 Å². The largest absolute Gasteiger partial charge is 0.495 e. The molecule has 0 aromatic heterocycles. The Morgan fingerprint density at radius 2 is 2.00 bits per heavy atom. The third-order valence-corrected chi connectivity index (χ3v) is 3.82. The molecule has 0 saturated heterocycles. The fourth-order valence-electron chi connectivity index (χ4n) is 2.07. The number of hydrogen-bond donors (Lipinski definition) is 1. The van der Waals surface area contributed by atoms with Gasteiger partial charge < -0.3 is 19.7 Å². The van der Waals surface area contributed by atoms with Crippen molar-refractivity contribution in [2.24, 2.45) is 0 Å². The predicted molar refractivity (Wildman–Crippen MR) is 98.2 cm³/mol. The Morgan fingerprint density at radius 3 is 2.65 bits per heavy atom. The van der Waals surface area contributed by atoms with Gasteiger partial charge in [0.2, 0.25) is 0 Å². The van der Waals surface area contributed by atoms with E-state index >= 15 is 0 Å². The van der Waals surface area contributed by atoms with E-state index < -0.39 is 11.0 Å². The molecule has 2 rings (SSSR count). The number of hydrogen-bond acceptors (Lipinski definition) is 5. The summed E-state index contributed by atoms with van der Waals surface area (Å²) in [6.45, 7) is 0.522. The summed E-state index contributed by atoms with van der Waals surface area (Å²) in [4.78, 5) is 24.0. The number of halogens is 1. The first-order chi connectivity index (χ1) is 12.4. The highest BCUT2D eigenvalue weighted by Gasteiger charge is 2.16. The standard InChI is InChI=1S/C17H18ClN3O5/c1-20(9-10-26-15-6-4-3-5-13(15)18)17(22)19-14-11-12(21(23)24)7-8-16(14)25-2/h3-8,11H,9-10H2,1-2H3,(H,19,22). The number of likely N-dealkylation sites (N-methyl/N-ethyl adjacent to an activating group) is 1. The van der Waals surface area contributed by atoms with Crippen molar-refractivity contribution in [2.45, 2.75) is 0 Å². The Morgan fingerprint density at radius 1 is 1.27 bits per heavy atom. The maximum absolute atomic E-state index is 12.3. The second kappa shape index (κ2) is 8.91. The SMILES string of the molecule is COc1ccc([N+](=O)[O-])cc1NC(=O)N(C)CCOc1ccccc1Cl. The number of methoxy groups -OCH3 is 1. The number of nitrogens with one attached hydrogen (secondary N) is 1. The average molecular weight is 380 g/mol. The van der Waals surface area contributed by atoms with Gasteiger partial charge in [-0.3, -0.25) is 10.1 Å². The number of benzene rings is 2. The van der Waals surface area contributed by atoms with Crippen LogP contribution in [0.15, 0.2) is 42.5 Å². The minimum atomic E-state index is -0.545. The zero-order valence-electron chi connectivity index (χ0n) is 14.3. The Kier molecular flexibility index (Phi) is 6.62. The normalized spacial score (nSPS) is 10.1. The number of non-ortho nitro benzene ring substituents is 1. The number of amides is 2. The molecule has 0 spiro atoms. The van der Waals surface area contributed by atoms with Crippen LogP contribution in [0.25, 0.3) is 0 Å². The maximum atomic E-state index is 12.3. The number of urea groups is 1. The van der Waals surface area contributed by atoms with Crippen LogP contribution >= 0.6 is 11.6 Å². The minimum Gasteiger partial charge on any atom is -0.495 e. The van der Waals surface area contributed by atoms with Gasteiger partial charge in [0.25, 0.3) is 5.69 Å². The first-order valence-corrected chi connectivity index (χ1v) is 8.02. The van der Waals surface area contributed by atoms with Crippen LogP contribution in [0.2, 0.25) is 5.02 Å². The van der Waals surface area contributed by atoms with Crippen molar-refractivity contribution in [1.82, 2.24) is 4.90 Å². The molecule has 8 nitrogen and oxygen atoms in total. The number of para-hydroxylation sites is 1.